The molecule has 3 aromatic rings. The van der Waals surface area contributed by atoms with Crippen LogP contribution in [0.5, 0.6) is 0 Å². The van der Waals surface area contributed by atoms with E-state index in [0.29, 0.717) is 0 Å². The summed E-state index contributed by atoms with van der Waals surface area (Å²) in [6, 6.07) is 21.8. The van der Waals surface area contributed by atoms with Crippen LogP contribution in [0.25, 0.3) is 10.8 Å². The third kappa shape index (κ3) is 2.06. The molecule has 0 saturated carbocycles. The van der Waals surface area contributed by atoms with Gasteiger partial charge in [0, 0.05) is 11.1 Å². The summed E-state index contributed by atoms with van der Waals surface area (Å²) in [5.74, 6) is 0. The Morgan fingerprint density at radius 2 is 1.76 bits per heavy atom. The minimum absolute atomic E-state index is 0.797. The zero-order valence-corrected chi connectivity index (χ0v) is 12.1. The molecular weight excluding hydrogens is 254 g/mol. The third-order valence-electron chi connectivity index (χ3n) is 4.24. The molecule has 0 amide bonds. The molecule has 1 nitrogen and oxygen atoms in total. The first-order chi connectivity index (χ1) is 10.3. The monoisotopic (exact) mass is 271 g/mol. The average molecular weight is 271 g/mol. The molecule has 0 spiro atoms. The van der Waals surface area contributed by atoms with Crippen molar-refractivity contribution in [1.82, 2.24) is 0 Å². The molecule has 1 aliphatic rings. The van der Waals surface area contributed by atoms with Gasteiger partial charge in [-0.25, -0.2) is 0 Å². The maximum absolute atomic E-state index is 4.76. The molecule has 1 heterocycles. The second-order valence-corrected chi connectivity index (χ2v) is 5.58. The SMILES string of the molecule is CCc1ccc2cc3c(cc2c1)CN=C3c1ccccc1. The van der Waals surface area contributed by atoms with Gasteiger partial charge < -0.3 is 0 Å². The molecule has 0 aromatic heterocycles. The van der Waals surface area contributed by atoms with E-state index in [4.69, 9.17) is 4.99 Å². The van der Waals surface area contributed by atoms with Crippen molar-refractivity contribution < 1.29 is 0 Å². The molecule has 0 aliphatic carbocycles. The molecule has 0 unspecified atom stereocenters. The molecule has 0 fully saturated rings. The van der Waals surface area contributed by atoms with Gasteiger partial charge in [0.1, 0.15) is 0 Å². The van der Waals surface area contributed by atoms with E-state index in [9.17, 15) is 0 Å². The Labute approximate surface area is 125 Å². The number of nitrogens with zero attached hydrogens (tertiary/aromatic N) is 1. The average Bonchev–Trinajstić information content (AvgIpc) is 2.95. The summed E-state index contributed by atoms with van der Waals surface area (Å²) in [5, 5.41) is 2.63. The molecule has 0 bridgehead atoms. The maximum atomic E-state index is 4.76. The highest BCUT2D eigenvalue weighted by Crippen LogP contribution is 2.28. The molecule has 0 atom stereocenters. The quantitative estimate of drug-likeness (QED) is 0.637. The van der Waals surface area contributed by atoms with Crippen LogP contribution in [0.3, 0.4) is 0 Å². The van der Waals surface area contributed by atoms with E-state index in [1.165, 1.54) is 33.0 Å². The lowest BCUT2D eigenvalue weighted by atomic mass is 9.95. The van der Waals surface area contributed by atoms with Gasteiger partial charge in [-0.15, -0.1) is 0 Å². The van der Waals surface area contributed by atoms with Gasteiger partial charge in [0.15, 0.2) is 0 Å². The second kappa shape index (κ2) is 4.85. The normalized spacial score (nSPS) is 13.3. The first-order valence-corrected chi connectivity index (χ1v) is 7.51. The smallest absolute Gasteiger partial charge is 0.0726 e. The molecule has 21 heavy (non-hydrogen) atoms. The predicted molar refractivity (Wildman–Crippen MR) is 89.1 cm³/mol. The van der Waals surface area contributed by atoms with Gasteiger partial charge in [-0.1, -0.05) is 55.5 Å². The molecule has 0 radical (unpaired) electrons. The molecule has 1 heteroatoms. The first-order valence-electron chi connectivity index (χ1n) is 7.51. The van der Waals surface area contributed by atoms with Crippen molar-refractivity contribution in [3.8, 4) is 0 Å². The van der Waals surface area contributed by atoms with E-state index in [0.717, 1.165) is 18.7 Å². The summed E-state index contributed by atoms with van der Waals surface area (Å²) < 4.78 is 0. The van der Waals surface area contributed by atoms with Gasteiger partial charge >= 0.3 is 0 Å². The van der Waals surface area contributed by atoms with E-state index in [1.54, 1.807) is 0 Å². The number of benzene rings is 3. The molecule has 0 saturated heterocycles. The highest BCUT2D eigenvalue weighted by molar-refractivity contribution is 6.16. The number of aryl methyl sites for hydroxylation is 1. The van der Waals surface area contributed by atoms with Crippen molar-refractivity contribution in [2.24, 2.45) is 4.99 Å². The molecule has 0 N–H and O–H groups in total. The van der Waals surface area contributed by atoms with Crippen molar-refractivity contribution in [3.05, 3.63) is 82.9 Å². The molecule has 1 aliphatic heterocycles. The Morgan fingerprint density at radius 1 is 0.905 bits per heavy atom. The van der Waals surface area contributed by atoms with Crippen LogP contribution in [0.4, 0.5) is 0 Å². The minimum Gasteiger partial charge on any atom is -0.279 e. The molecule has 3 aromatic carbocycles. The van der Waals surface area contributed by atoms with Crippen LogP contribution >= 0.6 is 0 Å². The Hall–Kier alpha value is -2.41. The van der Waals surface area contributed by atoms with Crippen LogP contribution < -0.4 is 0 Å². The molecule has 102 valence electrons. The number of aliphatic imine (C=N–C) groups is 1. The lowest BCUT2D eigenvalue weighted by Crippen LogP contribution is -2.00. The van der Waals surface area contributed by atoms with Crippen molar-refractivity contribution in [3.63, 3.8) is 0 Å². The zero-order valence-electron chi connectivity index (χ0n) is 12.1. The lowest BCUT2D eigenvalue weighted by molar-refractivity contribution is 1.11. The second-order valence-electron chi connectivity index (χ2n) is 5.58. The largest absolute Gasteiger partial charge is 0.279 e. The lowest BCUT2D eigenvalue weighted by Gasteiger charge is -2.07. The topological polar surface area (TPSA) is 12.4 Å². The zero-order chi connectivity index (χ0) is 14.2. The van der Waals surface area contributed by atoms with Gasteiger partial charge in [-0.2, -0.15) is 0 Å². The molecule has 4 rings (SSSR count). The van der Waals surface area contributed by atoms with E-state index in [1.807, 2.05) is 6.07 Å². The fourth-order valence-electron chi connectivity index (χ4n) is 3.06. The van der Waals surface area contributed by atoms with Crippen molar-refractivity contribution in [1.29, 1.82) is 0 Å². The van der Waals surface area contributed by atoms with Crippen LogP contribution in [-0.4, -0.2) is 5.71 Å². The standard InChI is InChI=1S/C20H17N/c1-2-14-8-9-16-12-19-18(11-17(16)10-14)13-21-20(19)15-6-4-3-5-7-15/h3-12H,2,13H2,1H3. The van der Waals surface area contributed by atoms with Crippen LogP contribution in [0.1, 0.15) is 29.2 Å². The Balaban J connectivity index is 1.86. The highest BCUT2D eigenvalue weighted by atomic mass is 14.8. The van der Waals surface area contributed by atoms with Crippen molar-refractivity contribution in [2.75, 3.05) is 0 Å². The Kier molecular flexibility index (Phi) is 2.85. The van der Waals surface area contributed by atoms with E-state index < -0.39 is 0 Å². The fraction of sp³-hybridized carbons (Fsp3) is 0.150. The van der Waals surface area contributed by atoms with Crippen LogP contribution in [0.15, 0.2) is 65.7 Å². The maximum Gasteiger partial charge on any atom is 0.0726 e. The predicted octanol–water partition coefficient (Wildman–Crippen LogP) is 4.75. The Bertz CT molecular complexity index is 844. The van der Waals surface area contributed by atoms with E-state index in [2.05, 4.69) is 61.5 Å². The summed E-state index contributed by atoms with van der Waals surface area (Å²) in [7, 11) is 0. The fourth-order valence-corrected chi connectivity index (χ4v) is 3.06. The molecular formula is C20H17N. The highest BCUT2D eigenvalue weighted by Gasteiger charge is 2.17. The van der Waals surface area contributed by atoms with Crippen LogP contribution in [0, 0.1) is 0 Å². The Morgan fingerprint density at radius 3 is 2.57 bits per heavy atom. The minimum atomic E-state index is 0.797. The summed E-state index contributed by atoms with van der Waals surface area (Å²) in [6.07, 6.45) is 1.08. The number of rotatable bonds is 2. The summed E-state index contributed by atoms with van der Waals surface area (Å²) in [4.78, 5) is 4.76. The van der Waals surface area contributed by atoms with Crippen LogP contribution in [0.2, 0.25) is 0 Å². The van der Waals surface area contributed by atoms with E-state index in [-0.39, 0.29) is 0 Å². The number of fused-ring (bicyclic) bond motifs is 2. The van der Waals surface area contributed by atoms with Crippen molar-refractivity contribution >= 4 is 16.5 Å². The van der Waals surface area contributed by atoms with E-state index >= 15 is 0 Å². The summed E-state index contributed by atoms with van der Waals surface area (Å²) in [6.45, 7) is 3.00. The van der Waals surface area contributed by atoms with Gasteiger partial charge in [0.2, 0.25) is 0 Å². The summed E-state index contributed by atoms with van der Waals surface area (Å²) in [5.41, 5.74) is 6.37. The van der Waals surface area contributed by atoms with Gasteiger partial charge in [0.25, 0.3) is 0 Å². The van der Waals surface area contributed by atoms with Gasteiger partial charge in [-0.3, -0.25) is 4.99 Å². The van der Waals surface area contributed by atoms with Gasteiger partial charge in [0.05, 0.1) is 12.3 Å². The van der Waals surface area contributed by atoms with Crippen LogP contribution in [-0.2, 0) is 13.0 Å². The first kappa shape index (κ1) is 12.3. The van der Waals surface area contributed by atoms with Crippen molar-refractivity contribution in [2.45, 2.75) is 19.9 Å². The van der Waals surface area contributed by atoms with Gasteiger partial charge in [-0.05, 0) is 40.5 Å². The number of hydrogen-bond donors (Lipinski definition) is 0. The summed E-state index contributed by atoms with van der Waals surface area (Å²) >= 11 is 0. The number of hydrogen-bond acceptors (Lipinski definition) is 1. The third-order valence-corrected chi connectivity index (χ3v) is 4.24.